The van der Waals surface area contributed by atoms with Crippen molar-refractivity contribution in [3.05, 3.63) is 30.1 Å². The number of hydrogen-bond donors (Lipinski definition) is 1. The second-order valence-electron chi connectivity index (χ2n) is 4.62. The molecule has 18 heavy (non-hydrogen) atoms. The van der Waals surface area contributed by atoms with Crippen LogP contribution >= 0.6 is 0 Å². The van der Waals surface area contributed by atoms with Crippen molar-refractivity contribution >= 4 is 11.0 Å². The second kappa shape index (κ2) is 5.50. The predicted molar refractivity (Wildman–Crippen MR) is 73.7 cm³/mol. The molecule has 1 aromatic heterocycles. The van der Waals surface area contributed by atoms with Crippen LogP contribution in [-0.2, 0) is 18.2 Å². The Bertz CT molecular complexity index is 521. The van der Waals surface area contributed by atoms with Gasteiger partial charge in [0, 0.05) is 26.6 Å². The predicted octanol–water partition coefficient (Wildman–Crippen LogP) is 1.74. The highest BCUT2D eigenvalue weighted by molar-refractivity contribution is 5.75. The first-order valence-corrected chi connectivity index (χ1v) is 6.27. The molecule has 0 saturated heterocycles. The summed E-state index contributed by atoms with van der Waals surface area (Å²) in [5, 5.41) is 3.29. The quantitative estimate of drug-likeness (QED) is 0.874. The highest BCUT2D eigenvalue weighted by Crippen LogP contribution is 2.16. The second-order valence-corrected chi connectivity index (χ2v) is 4.62. The van der Waals surface area contributed by atoms with Gasteiger partial charge in [-0.05, 0) is 26.1 Å². The minimum Gasteiger partial charge on any atom is -0.380 e. The summed E-state index contributed by atoms with van der Waals surface area (Å²) in [4.78, 5) is 4.68. The molecule has 2 unspecified atom stereocenters. The SMILES string of the molecule is CNC(Cc1nc2ccccc2n1C)C(C)OC. The lowest BCUT2D eigenvalue weighted by atomic mass is 10.1. The van der Waals surface area contributed by atoms with E-state index in [-0.39, 0.29) is 12.1 Å². The highest BCUT2D eigenvalue weighted by Gasteiger charge is 2.18. The summed E-state index contributed by atoms with van der Waals surface area (Å²) >= 11 is 0. The van der Waals surface area contributed by atoms with Gasteiger partial charge in [-0.25, -0.2) is 4.98 Å². The molecule has 4 heteroatoms. The number of ether oxygens (including phenoxy) is 1. The van der Waals surface area contributed by atoms with Gasteiger partial charge in [-0.1, -0.05) is 12.1 Å². The minimum absolute atomic E-state index is 0.162. The molecule has 0 radical (unpaired) electrons. The van der Waals surface area contributed by atoms with E-state index in [9.17, 15) is 0 Å². The van der Waals surface area contributed by atoms with Crippen LogP contribution in [0.25, 0.3) is 11.0 Å². The third kappa shape index (κ3) is 2.40. The van der Waals surface area contributed by atoms with Crippen molar-refractivity contribution in [2.45, 2.75) is 25.5 Å². The van der Waals surface area contributed by atoms with Crippen LogP contribution < -0.4 is 5.32 Å². The van der Waals surface area contributed by atoms with Gasteiger partial charge in [0.2, 0.25) is 0 Å². The van der Waals surface area contributed by atoms with Gasteiger partial charge in [0.15, 0.2) is 0 Å². The molecular formula is C14H21N3O. The fourth-order valence-corrected chi connectivity index (χ4v) is 2.24. The number of nitrogens with one attached hydrogen (secondary N) is 1. The minimum atomic E-state index is 0.162. The summed E-state index contributed by atoms with van der Waals surface area (Å²) < 4.78 is 7.54. The zero-order valence-electron chi connectivity index (χ0n) is 11.5. The first-order valence-electron chi connectivity index (χ1n) is 6.27. The fraction of sp³-hybridized carbons (Fsp3) is 0.500. The number of fused-ring (bicyclic) bond motifs is 1. The van der Waals surface area contributed by atoms with Crippen molar-refractivity contribution in [2.24, 2.45) is 7.05 Å². The summed E-state index contributed by atoms with van der Waals surface area (Å²) in [7, 11) is 5.77. The Morgan fingerprint density at radius 3 is 2.72 bits per heavy atom. The molecule has 98 valence electrons. The Labute approximate surface area is 108 Å². The van der Waals surface area contributed by atoms with Crippen LogP contribution in [0.3, 0.4) is 0 Å². The molecule has 0 amide bonds. The average molecular weight is 247 g/mol. The molecule has 1 heterocycles. The molecule has 0 aliphatic heterocycles. The van der Waals surface area contributed by atoms with Crippen molar-refractivity contribution in [3.8, 4) is 0 Å². The molecule has 0 aliphatic carbocycles. The van der Waals surface area contributed by atoms with Gasteiger partial charge >= 0.3 is 0 Å². The van der Waals surface area contributed by atoms with Crippen molar-refractivity contribution < 1.29 is 4.74 Å². The number of rotatable bonds is 5. The van der Waals surface area contributed by atoms with E-state index in [1.54, 1.807) is 7.11 Å². The van der Waals surface area contributed by atoms with E-state index in [4.69, 9.17) is 4.74 Å². The first kappa shape index (κ1) is 13.1. The lowest BCUT2D eigenvalue weighted by Gasteiger charge is -2.21. The molecule has 1 aromatic carbocycles. The summed E-state index contributed by atoms with van der Waals surface area (Å²) in [5.74, 6) is 1.08. The van der Waals surface area contributed by atoms with Gasteiger partial charge in [-0.15, -0.1) is 0 Å². The molecule has 4 nitrogen and oxygen atoms in total. The Morgan fingerprint density at radius 1 is 1.39 bits per heavy atom. The number of methoxy groups -OCH3 is 1. The van der Waals surface area contributed by atoms with Crippen molar-refractivity contribution in [1.82, 2.24) is 14.9 Å². The number of hydrogen-bond acceptors (Lipinski definition) is 3. The van der Waals surface area contributed by atoms with Crippen LogP contribution in [0, 0.1) is 0 Å². The molecular weight excluding hydrogens is 226 g/mol. The maximum atomic E-state index is 5.39. The summed E-state index contributed by atoms with van der Waals surface area (Å²) in [6, 6.07) is 8.48. The topological polar surface area (TPSA) is 39.1 Å². The molecule has 2 aromatic rings. The normalized spacial score (nSPS) is 14.9. The Morgan fingerprint density at radius 2 is 2.11 bits per heavy atom. The summed E-state index contributed by atoms with van der Waals surface area (Å²) in [5.41, 5.74) is 2.22. The standard InChI is InChI=1S/C14H21N3O/c1-10(18-4)12(15-2)9-14-16-11-7-5-6-8-13(11)17(14)3/h5-8,10,12,15H,9H2,1-4H3. The van der Waals surface area contributed by atoms with Gasteiger partial charge in [-0.3, -0.25) is 0 Å². The maximum Gasteiger partial charge on any atom is 0.111 e. The summed E-state index contributed by atoms with van der Waals surface area (Å²) in [6.45, 7) is 2.07. The zero-order chi connectivity index (χ0) is 13.1. The van der Waals surface area contributed by atoms with Crippen LogP contribution in [0.1, 0.15) is 12.7 Å². The number of likely N-dealkylation sites (N-methyl/N-ethyl adjacent to an activating group) is 1. The third-order valence-electron chi connectivity index (χ3n) is 3.59. The van der Waals surface area contributed by atoms with E-state index in [1.807, 2.05) is 25.2 Å². The molecule has 0 spiro atoms. The van der Waals surface area contributed by atoms with E-state index in [2.05, 4.69) is 34.9 Å². The average Bonchev–Trinajstić information content (AvgIpc) is 2.72. The van der Waals surface area contributed by atoms with Crippen LogP contribution in [0.15, 0.2) is 24.3 Å². The van der Waals surface area contributed by atoms with Gasteiger partial charge < -0.3 is 14.6 Å². The van der Waals surface area contributed by atoms with Gasteiger partial charge in [-0.2, -0.15) is 0 Å². The van der Waals surface area contributed by atoms with Crippen LogP contribution in [0.5, 0.6) is 0 Å². The number of aryl methyl sites for hydroxylation is 1. The maximum absolute atomic E-state index is 5.39. The zero-order valence-corrected chi connectivity index (χ0v) is 11.5. The van der Waals surface area contributed by atoms with Crippen molar-refractivity contribution in [3.63, 3.8) is 0 Å². The van der Waals surface area contributed by atoms with E-state index in [0.29, 0.717) is 0 Å². The molecule has 2 rings (SSSR count). The molecule has 0 bridgehead atoms. The number of para-hydroxylation sites is 2. The van der Waals surface area contributed by atoms with Gasteiger partial charge in [0.1, 0.15) is 5.82 Å². The molecule has 1 N–H and O–H groups in total. The van der Waals surface area contributed by atoms with E-state index in [0.717, 1.165) is 17.8 Å². The monoisotopic (exact) mass is 247 g/mol. The van der Waals surface area contributed by atoms with Crippen LogP contribution in [0.2, 0.25) is 0 Å². The Balaban J connectivity index is 2.28. The highest BCUT2D eigenvalue weighted by atomic mass is 16.5. The fourth-order valence-electron chi connectivity index (χ4n) is 2.24. The summed E-state index contributed by atoms with van der Waals surface area (Å²) in [6.07, 6.45) is 1.02. The third-order valence-corrected chi connectivity index (χ3v) is 3.59. The van der Waals surface area contributed by atoms with Crippen molar-refractivity contribution in [1.29, 1.82) is 0 Å². The molecule has 0 saturated carbocycles. The van der Waals surface area contributed by atoms with E-state index >= 15 is 0 Å². The number of imidazole rings is 1. The lowest BCUT2D eigenvalue weighted by molar-refractivity contribution is 0.0849. The van der Waals surface area contributed by atoms with Crippen LogP contribution in [0.4, 0.5) is 0 Å². The number of nitrogens with zero attached hydrogens (tertiary/aromatic N) is 2. The smallest absolute Gasteiger partial charge is 0.111 e. The molecule has 0 aliphatic rings. The first-order chi connectivity index (χ1) is 8.67. The Hall–Kier alpha value is -1.39. The lowest BCUT2D eigenvalue weighted by Crippen LogP contribution is -2.39. The number of benzene rings is 1. The molecule has 2 atom stereocenters. The van der Waals surface area contributed by atoms with Gasteiger partial charge in [0.05, 0.1) is 17.1 Å². The molecule has 0 fully saturated rings. The largest absolute Gasteiger partial charge is 0.380 e. The van der Waals surface area contributed by atoms with E-state index < -0.39 is 0 Å². The van der Waals surface area contributed by atoms with Crippen molar-refractivity contribution in [2.75, 3.05) is 14.2 Å². The van der Waals surface area contributed by atoms with Gasteiger partial charge in [0.25, 0.3) is 0 Å². The Kier molecular flexibility index (Phi) is 3.99. The van der Waals surface area contributed by atoms with E-state index in [1.165, 1.54) is 5.52 Å². The van der Waals surface area contributed by atoms with Crippen LogP contribution in [-0.4, -0.2) is 35.9 Å². The number of aromatic nitrogens is 2.